The molecular weight excluding hydrogens is 320 g/mol. The third-order valence-corrected chi connectivity index (χ3v) is 5.16. The molecule has 0 aromatic heterocycles. The van der Waals surface area contributed by atoms with E-state index in [9.17, 15) is 18.6 Å². The first kappa shape index (κ1) is 16.9. The zero-order valence-electron chi connectivity index (χ0n) is 12.2. The number of aromatic hydroxyl groups is 2. The van der Waals surface area contributed by atoms with Gasteiger partial charge in [0.2, 0.25) is 9.84 Å². The molecule has 2 aromatic rings. The van der Waals surface area contributed by atoms with Gasteiger partial charge in [0.25, 0.3) is 0 Å². The molecule has 0 amide bonds. The van der Waals surface area contributed by atoms with E-state index in [0.717, 1.165) is 12.1 Å². The first-order chi connectivity index (χ1) is 10.7. The fraction of sp³-hybridized carbons (Fsp3) is 0.143. The maximum absolute atomic E-state index is 12.7. The van der Waals surface area contributed by atoms with E-state index in [0.29, 0.717) is 0 Å². The summed E-state index contributed by atoms with van der Waals surface area (Å²) in [6, 6.07) is 4.75. The van der Waals surface area contributed by atoms with Crippen LogP contribution in [0.15, 0.2) is 34.1 Å². The molecule has 0 radical (unpaired) electrons. The largest absolute Gasteiger partial charge is 0.505 e. The van der Waals surface area contributed by atoms with E-state index in [1.807, 2.05) is 0 Å². The standard InChI is InChI=1S/C14H18N4O4S/c15-5-7-1-9(3-11(17)13(7)19)23(21,22)10-2-8(6-16)14(20)12(18)4-10/h1-4,19-20H,5-6,15-18H2. The van der Waals surface area contributed by atoms with Gasteiger partial charge in [0, 0.05) is 24.2 Å². The molecule has 0 atom stereocenters. The molecule has 0 heterocycles. The number of rotatable bonds is 4. The molecule has 2 rings (SSSR count). The number of nitrogen functional groups attached to an aromatic ring is 2. The summed E-state index contributed by atoms with van der Waals surface area (Å²) < 4.78 is 25.5. The lowest BCUT2D eigenvalue weighted by molar-refractivity contribution is 0.470. The van der Waals surface area contributed by atoms with Crippen LogP contribution in [0, 0.1) is 0 Å². The molecule has 0 spiro atoms. The molecule has 0 aliphatic heterocycles. The van der Waals surface area contributed by atoms with Crippen molar-refractivity contribution in [3.05, 3.63) is 35.4 Å². The average molecular weight is 338 g/mol. The highest BCUT2D eigenvalue weighted by Crippen LogP contribution is 2.34. The van der Waals surface area contributed by atoms with Gasteiger partial charge in [0.05, 0.1) is 21.2 Å². The van der Waals surface area contributed by atoms with Gasteiger partial charge in [-0.3, -0.25) is 0 Å². The summed E-state index contributed by atoms with van der Waals surface area (Å²) in [5.74, 6) is -0.501. The van der Waals surface area contributed by atoms with Gasteiger partial charge < -0.3 is 33.1 Å². The Morgan fingerprint density at radius 3 is 1.43 bits per heavy atom. The van der Waals surface area contributed by atoms with Crippen LogP contribution in [-0.2, 0) is 22.9 Å². The summed E-state index contributed by atoms with van der Waals surface area (Å²) in [5.41, 5.74) is 22.4. The highest BCUT2D eigenvalue weighted by molar-refractivity contribution is 7.91. The summed E-state index contributed by atoms with van der Waals surface area (Å²) in [4.78, 5) is -0.275. The lowest BCUT2D eigenvalue weighted by atomic mass is 10.2. The van der Waals surface area contributed by atoms with Crippen molar-refractivity contribution in [2.45, 2.75) is 22.9 Å². The minimum Gasteiger partial charge on any atom is -0.505 e. The first-order valence-electron chi connectivity index (χ1n) is 6.60. The molecule has 9 heteroatoms. The maximum Gasteiger partial charge on any atom is 0.206 e. The van der Waals surface area contributed by atoms with E-state index in [1.165, 1.54) is 12.1 Å². The SMILES string of the molecule is NCc1cc(S(=O)(=O)c2cc(N)c(O)c(CN)c2)cc(N)c1O. The third-order valence-electron chi connectivity index (χ3n) is 3.44. The molecule has 0 saturated heterocycles. The van der Waals surface area contributed by atoms with E-state index in [2.05, 4.69) is 0 Å². The van der Waals surface area contributed by atoms with Crippen molar-refractivity contribution in [2.24, 2.45) is 11.5 Å². The predicted molar refractivity (Wildman–Crippen MR) is 86.3 cm³/mol. The van der Waals surface area contributed by atoms with Gasteiger partial charge >= 0.3 is 0 Å². The molecule has 0 unspecified atom stereocenters. The number of anilines is 2. The van der Waals surface area contributed by atoms with Crippen LogP contribution in [0.2, 0.25) is 0 Å². The fourth-order valence-corrected chi connectivity index (χ4v) is 3.57. The van der Waals surface area contributed by atoms with Crippen molar-refractivity contribution < 1.29 is 18.6 Å². The highest BCUT2D eigenvalue weighted by Gasteiger charge is 2.23. The zero-order valence-corrected chi connectivity index (χ0v) is 13.0. The summed E-state index contributed by atoms with van der Waals surface area (Å²) in [6.07, 6.45) is 0. The minimum atomic E-state index is -3.98. The van der Waals surface area contributed by atoms with E-state index in [1.54, 1.807) is 0 Å². The fourth-order valence-electron chi connectivity index (χ4n) is 2.14. The van der Waals surface area contributed by atoms with Crippen molar-refractivity contribution in [3.8, 4) is 11.5 Å². The summed E-state index contributed by atoms with van der Waals surface area (Å²) >= 11 is 0. The van der Waals surface area contributed by atoms with Gasteiger partial charge in [0.1, 0.15) is 11.5 Å². The molecular formula is C14H18N4O4S. The van der Waals surface area contributed by atoms with Crippen LogP contribution in [0.25, 0.3) is 0 Å². The van der Waals surface area contributed by atoms with Gasteiger partial charge in [-0.1, -0.05) is 0 Å². The van der Waals surface area contributed by atoms with Crippen LogP contribution >= 0.6 is 0 Å². The smallest absolute Gasteiger partial charge is 0.206 e. The second-order valence-corrected chi connectivity index (χ2v) is 6.90. The predicted octanol–water partition coefficient (Wildman–Crippen LogP) is 0.0124. The molecule has 8 nitrogen and oxygen atoms in total. The van der Waals surface area contributed by atoms with Crippen LogP contribution in [0.3, 0.4) is 0 Å². The van der Waals surface area contributed by atoms with Crippen molar-refractivity contribution in [1.29, 1.82) is 0 Å². The molecule has 0 aliphatic rings. The Bertz CT molecular complexity index is 800. The number of hydrogen-bond acceptors (Lipinski definition) is 8. The number of phenols is 2. The van der Waals surface area contributed by atoms with Crippen molar-refractivity contribution >= 4 is 21.2 Å². The highest BCUT2D eigenvalue weighted by atomic mass is 32.2. The number of phenolic OH excluding ortho intramolecular Hbond substituents is 2. The number of nitrogens with two attached hydrogens (primary N) is 4. The summed E-state index contributed by atoms with van der Waals surface area (Å²) in [7, 11) is -3.98. The third kappa shape index (κ3) is 2.89. The van der Waals surface area contributed by atoms with Crippen LogP contribution < -0.4 is 22.9 Å². The minimum absolute atomic E-state index is 0.0782. The van der Waals surface area contributed by atoms with E-state index >= 15 is 0 Å². The molecule has 2 aromatic carbocycles. The average Bonchev–Trinajstić information content (AvgIpc) is 2.52. The molecule has 10 N–H and O–H groups in total. The topological polar surface area (TPSA) is 179 Å². The molecule has 0 aliphatic carbocycles. The number of hydrogen-bond donors (Lipinski definition) is 6. The first-order valence-corrected chi connectivity index (χ1v) is 8.08. The number of sulfone groups is 1. The quantitative estimate of drug-likeness (QED) is 0.333. The second-order valence-electron chi connectivity index (χ2n) is 4.95. The molecule has 124 valence electrons. The van der Waals surface area contributed by atoms with Gasteiger partial charge in [-0.15, -0.1) is 0 Å². The summed E-state index contributed by atoms with van der Waals surface area (Å²) in [5, 5.41) is 19.5. The van der Waals surface area contributed by atoms with Gasteiger partial charge in [-0.2, -0.15) is 0 Å². The maximum atomic E-state index is 12.7. The van der Waals surface area contributed by atoms with Crippen molar-refractivity contribution in [2.75, 3.05) is 11.5 Å². The molecule has 0 fully saturated rings. The summed E-state index contributed by atoms with van der Waals surface area (Å²) in [6.45, 7) is -0.156. The van der Waals surface area contributed by atoms with E-state index in [-0.39, 0.29) is 56.9 Å². The van der Waals surface area contributed by atoms with E-state index in [4.69, 9.17) is 22.9 Å². The Morgan fingerprint density at radius 2 is 1.13 bits per heavy atom. The van der Waals surface area contributed by atoms with Crippen molar-refractivity contribution in [3.63, 3.8) is 0 Å². The van der Waals surface area contributed by atoms with Gasteiger partial charge in [0.15, 0.2) is 0 Å². The Labute approximate surface area is 133 Å². The van der Waals surface area contributed by atoms with Gasteiger partial charge in [-0.25, -0.2) is 8.42 Å². The van der Waals surface area contributed by atoms with Crippen LogP contribution in [-0.4, -0.2) is 18.6 Å². The van der Waals surface area contributed by atoms with Gasteiger partial charge in [-0.05, 0) is 24.3 Å². The lowest BCUT2D eigenvalue weighted by Crippen LogP contribution is -2.08. The van der Waals surface area contributed by atoms with E-state index < -0.39 is 9.84 Å². The second kappa shape index (κ2) is 5.95. The Morgan fingerprint density at radius 1 is 0.783 bits per heavy atom. The molecule has 0 bridgehead atoms. The number of benzene rings is 2. The Balaban J connectivity index is 2.68. The van der Waals surface area contributed by atoms with Crippen LogP contribution in [0.4, 0.5) is 11.4 Å². The molecule has 23 heavy (non-hydrogen) atoms. The Kier molecular flexibility index (Phi) is 4.37. The zero-order chi connectivity index (χ0) is 17.4. The lowest BCUT2D eigenvalue weighted by Gasteiger charge is -2.12. The van der Waals surface area contributed by atoms with Crippen LogP contribution in [0.5, 0.6) is 11.5 Å². The van der Waals surface area contributed by atoms with Crippen molar-refractivity contribution in [1.82, 2.24) is 0 Å². The Hall–Kier alpha value is -2.49. The molecule has 0 saturated carbocycles. The normalized spacial score (nSPS) is 11.6. The monoisotopic (exact) mass is 338 g/mol. The van der Waals surface area contributed by atoms with Crippen LogP contribution in [0.1, 0.15) is 11.1 Å².